The highest BCUT2D eigenvalue weighted by Gasteiger charge is 2.24. The van der Waals surface area contributed by atoms with Gasteiger partial charge >= 0.3 is 0 Å². The van der Waals surface area contributed by atoms with Gasteiger partial charge in [0.25, 0.3) is 0 Å². The number of hydrogen-bond acceptors (Lipinski definition) is 3. The van der Waals surface area contributed by atoms with E-state index in [0.29, 0.717) is 12.1 Å². The molecule has 2 atom stereocenters. The number of hydrogen-bond donors (Lipinski definition) is 1. The van der Waals surface area contributed by atoms with Gasteiger partial charge in [-0.15, -0.1) is 0 Å². The number of rotatable bonds is 4. The quantitative estimate of drug-likeness (QED) is 0.909. The van der Waals surface area contributed by atoms with E-state index in [0.717, 1.165) is 6.54 Å². The van der Waals surface area contributed by atoms with Gasteiger partial charge in [-0.25, -0.2) is 0 Å². The summed E-state index contributed by atoms with van der Waals surface area (Å²) in [4.78, 5) is 5.03. The molecule has 1 aromatic carbocycles. The van der Waals surface area contributed by atoms with Crippen LogP contribution in [0.3, 0.4) is 0 Å². The molecule has 0 spiro atoms. The van der Waals surface area contributed by atoms with E-state index in [1.54, 1.807) is 0 Å². The Labute approximate surface area is 124 Å². The first kappa shape index (κ1) is 15.5. The van der Waals surface area contributed by atoms with Crippen LogP contribution in [-0.4, -0.2) is 56.1 Å². The van der Waals surface area contributed by atoms with Crippen molar-refractivity contribution in [3.63, 3.8) is 0 Å². The van der Waals surface area contributed by atoms with Crippen LogP contribution in [0.15, 0.2) is 18.2 Å². The summed E-state index contributed by atoms with van der Waals surface area (Å²) in [5.41, 5.74) is 4.16. The maximum Gasteiger partial charge on any atom is 0.0447 e. The average molecular weight is 275 g/mol. The maximum absolute atomic E-state index is 3.49. The van der Waals surface area contributed by atoms with Crippen LogP contribution in [0, 0.1) is 13.8 Å². The second-order valence-electron chi connectivity index (χ2n) is 6.29. The lowest BCUT2D eigenvalue weighted by Crippen LogP contribution is -2.52. The third-order valence-electron chi connectivity index (χ3n) is 4.67. The van der Waals surface area contributed by atoms with Crippen LogP contribution < -0.4 is 5.32 Å². The van der Waals surface area contributed by atoms with Crippen molar-refractivity contribution in [1.29, 1.82) is 0 Å². The lowest BCUT2D eigenvalue weighted by atomic mass is 10.00. The molecule has 3 nitrogen and oxygen atoms in total. The fourth-order valence-electron chi connectivity index (χ4n) is 3.03. The first-order valence-corrected chi connectivity index (χ1v) is 7.68. The summed E-state index contributed by atoms with van der Waals surface area (Å²) in [6, 6.07) is 7.89. The van der Waals surface area contributed by atoms with E-state index in [9.17, 15) is 0 Å². The van der Waals surface area contributed by atoms with E-state index in [-0.39, 0.29) is 0 Å². The van der Waals surface area contributed by atoms with E-state index in [4.69, 9.17) is 0 Å². The zero-order valence-corrected chi connectivity index (χ0v) is 13.6. The number of piperazine rings is 1. The molecule has 112 valence electrons. The lowest BCUT2D eigenvalue weighted by Gasteiger charge is -2.40. The second kappa shape index (κ2) is 6.70. The topological polar surface area (TPSA) is 18.5 Å². The van der Waals surface area contributed by atoms with E-state index in [1.807, 2.05) is 0 Å². The molecule has 0 bridgehead atoms. The summed E-state index contributed by atoms with van der Waals surface area (Å²) in [5, 5.41) is 3.49. The number of benzene rings is 1. The number of nitrogens with zero attached hydrogens (tertiary/aromatic N) is 2. The third-order valence-corrected chi connectivity index (χ3v) is 4.67. The summed E-state index contributed by atoms with van der Waals surface area (Å²) in [6.45, 7) is 11.3. The third kappa shape index (κ3) is 3.60. The van der Waals surface area contributed by atoms with Crippen LogP contribution in [0.5, 0.6) is 0 Å². The van der Waals surface area contributed by atoms with Gasteiger partial charge < -0.3 is 10.2 Å². The molecule has 1 aromatic rings. The van der Waals surface area contributed by atoms with Crippen LogP contribution in [-0.2, 0) is 0 Å². The van der Waals surface area contributed by atoms with Gasteiger partial charge in [0, 0.05) is 38.3 Å². The molecular formula is C17H29N3. The molecule has 20 heavy (non-hydrogen) atoms. The molecule has 1 aliphatic rings. The lowest BCUT2D eigenvalue weighted by molar-refractivity contribution is 0.0913. The Kier molecular flexibility index (Phi) is 5.19. The van der Waals surface area contributed by atoms with Gasteiger partial charge in [0.1, 0.15) is 0 Å². The van der Waals surface area contributed by atoms with Gasteiger partial charge in [-0.2, -0.15) is 0 Å². The van der Waals surface area contributed by atoms with E-state index >= 15 is 0 Å². The maximum atomic E-state index is 3.49. The van der Waals surface area contributed by atoms with Crippen molar-refractivity contribution in [3.8, 4) is 0 Å². The molecule has 0 amide bonds. The Morgan fingerprint density at radius 3 is 2.60 bits per heavy atom. The molecule has 2 unspecified atom stereocenters. The molecular weight excluding hydrogens is 246 g/mol. The molecule has 0 aromatic heterocycles. The smallest absolute Gasteiger partial charge is 0.0447 e. The zero-order chi connectivity index (χ0) is 14.7. The predicted molar refractivity (Wildman–Crippen MR) is 86.2 cm³/mol. The molecule has 1 saturated heterocycles. The zero-order valence-electron chi connectivity index (χ0n) is 13.6. The Hall–Kier alpha value is -0.900. The van der Waals surface area contributed by atoms with Gasteiger partial charge in [0.05, 0.1) is 0 Å². The minimum absolute atomic E-state index is 0.417. The highest BCUT2D eigenvalue weighted by molar-refractivity contribution is 5.31. The molecule has 2 rings (SSSR count). The molecule has 1 aliphatic heterocycles. The fourth-order valence-corrected chi connectivity index (χ4v) is 3.03. The molecule has 1 fully saturated rings. The summed E-state index contributed by atoms with van der Waals surface area (Å²) < 4.78 is 0. The standard InChI is InChI=1S/C17H29N3/c1-13-6-7-16(10-14(13)2)17(18-4)12-20-9-8-19(5)11-15(20)3/h6-7,10,15,17-18H,8-9,11-12H2,1-5H3. The van der Waals surface area contributed by atoms with Crippen LogP contribution in [0.1, 0.15) is 29.7 Å². The highest BCUT2D eigenvalue weighted by atomic mass is 15.3. The average Bonchev–Trinajstić information content (AvgIpc) is 2.41. The van der Waals surface area contributed by atoms with Crippen LogP contribution >= 0.6 is 0 Å². The van der Waals surface area contributed by atoms with Gasteiger partial charge in [-0.3, -0.25) is 4.90 Å². The summed E-state index contributed by atoms with van der Waals surface area (Å²) in [7, 11) is 4.29. The van der Waals surface area contributed by atoms with Gasteiger partial charge in [0.15, 0.2) is 0 Å². The monoisotopic (exact) mass is 275 g/mol. The van der Waals surface area contributed by atoms with Crippen LogP contribution in [0.4, 0.5) is 0 Å². The number of nitrogens with one attached hydrogen (secondary N) is 1. The largest absolute Gasteiger partial charge is 0.312 e. The van der Waals surface area contributed by atoms with Gasteiger partial charge in [-0.1, -0.05) is 18.2 Å². The fraction of sp³-hybridized carbons (Fsp3) is 0.647. The first-order valence-electron chi connectivity index (χ1n) is 7.68. The van der Waals surface area contributed by atoms with Crippen molar-refractivity contribution >= 4 is 0 Å². The van der Waals surface area contributed by atoms with E-state index in [1.165, 1.54) is 36.3 Å². The van der Waals surface area contributed by atoms with Crippen molar-refractivity contribution in [2.45, 2.75) is 32.9 Å². The van der Waals surface area contributed by atoms with Crippen molar-refractivity contribution in [1.82, 2.24) is 15.1 Å². The van der Waals surface area contributed by atoms with Crippen molar-refractivity contribution in [2.24, 2.45) is 0 Å². The van der Waals surface area contributed by atoms with Crippen molar-refractivity contribution in [3.05, 3.63) is 34.9 Å². The van der Waals surface area contributed by atoms with Crippen molar-refractivity contribution in [2.75, 3.05) is 40.3 Å². The Morgan fingerprint density at radius 1 is 1.25 bits per heavy atom. The van der Waals surface area contributed by atoms with Gasteiger partial charge in [0.2, 0.25) is 0 Å². The minimum Gasteiger partial charge on any atom is -0.312 e. The molecule has 0 aliphatic carbocycles. The molecule has 0 radical (unpaired) electrons. The normalized spacial score (nSPS) is 22.9. The number of aryl methyl sites for hydroxylation is 2. The van der Waals surface area contributed by atoms with Crippen molar-refractivity contribution < 1.29 is 0 Å². The highest BCUT2D eigenvalue weighted by Crippen LogP contribution is 2.20. The minimum atomic E-state index is 0.417. The van der Waals surface area contributed by atoms with E-state index < -0.39 is 0 Å². The van der Waals surface area contributed by atoms with E-state index in [2.05, 4.69) is 68.2 Å². The Bertz CT molecular complexity index is 444. The van der Waals surface area contributed by atoms with Crippen LogP contribution in [0.25, 0.3) is 0 Å². The molecule has 3 heteroatoms. The summed E-state index contributed by atoms with van der Waals surface area (Å²) in [5.74, 6) is 0. The molecule has 1 heterocycles. The Balaban J connectivity index is 2.06. The summed E-state index contributed by atoms with van der Waals surface area (Å²) >= 11 is 0. The first-order chi connectivity index (χ1) is 9.51. The second-order valence-corrected chi connectivity index (χ2v) is 6.29. The SMILES string of the molecule is CNC(CN1CCN(C)CC1C)c1ccc(C)c(C)c1. The summed E-state index contributed by atoms with van der Waals surface area (Å²) in [6.07, 6.45) is 0. The Morgan fingerprint density at radius 2 is 2.00 bits per heavy atom. The van der Waals surface area contributed by atoms with Gasteiger partial charge in [-0.05, 0) is 51.6 Å². The van der Waals surface area contributed by atoms with Crippen LogP contribution in [0.2, 0.25) is 0 Å². The molecule has 0 saturated carbocycles. The molecule has 1 N–H and O–H groups in total. The number of likely N-dealkylation sites (N-methyl/N-ethyl adjacent to an activating group) is 2. The predicted octanol–water partition coefficient (Wildman–Crippen LogP) is 2.20.